The van der Waals surface area contributed by atoms with Gasteiger partial charge in [-0.1, -0.05) is 0 Å². The highest BCUT2D eigenvalue weighted by molar-refractivity contribution is 5.92. The zero-order valence-electron chi connectivity index (χ0n) is 12.7. The minimum Gasteiger partial charge on any atom is -0.388 e. The molecule has 116 valence electrons. The number of ether oxygens (including phenoxy) is 1. The molecule has 22 heavy (non-hydrogen) atoms. The van der Waals surface area contributed by atoms with Gasteiger partial charge >= 0.3 is 0 Å². The minimum atomic E-state index is -0.215. The SMILES string of the molecule is CNc1cc(C)nc(C2CN(C(=O)c3ccn[nH]3)CCO2)c1. The van der Waals surface area contributed by atoms with Gasteiger partial charge in [0.05, 0.1) is 18.8 Å². The van der Waals surface area contributed by atoms with Crippen LogP contribution in [0.2, 0.25) is 0 Å². The lowest BCUT2D eigenvalue weighted by molar-refractivity contribution is -0.0249. The molecule has 3 rings (SSSR count). The topological polar surface area (TPSA) is 83.1 Å². The van der Waals surface area contributed by atoms with Crippen LogP contribution in [-0.4, -0.2) is 52.7 Å². The van der Waals surface area contributed by atoms with E-state index in [-0.39, 0.29) is 12.0 Å². The number of H-pyrrole nitrogens is 1. The van der Waals surface area contributed by atoms with E-state index in [9.17, 15) is 4.79 Å². The van der Waals surface area contributed by atoms with Gasteiger partial charge < -0.3 is 15.0 Å². The first-order chi connectivity index (χ1) is 10.7. The molecule has 1 unspecified atom stereocenters. The van der Waals surface area contributed by atoms with E-state index in [4.69, 9.17) is 4.74 Å². The summed E-state index contributed by atoms with van der Waals surface area (Å²) in [6.07, 6.45) is 1.36. The Balaban J connectivity index is 1.78. The lowest BCUT2D eigenvalue weighted by Gasteiger charge is -2.32. The highest BCUT2D eigenvalue weighted by Gasteiger charge is 2.27. The molecule has 0 aromatic carbocycles. The number of aromatic amines is 1. The fourth-order valence-electron chi connectivity index (χ4n) is 2.56. The van der Waals surface area contributed by atoms with Crippen molar-refractivity contribution in [3.8, 4) is 0 Å². The number of anilines is 1. The molecule has 0 saturated carbocycles. The van der Waals surface area contributed by atoms with Crippen molar-refractivity contribution < 1.29 is 9.53 Å². The molecule has 7 nitrogen and oxygen atoms in total. The van der Waals surface area contributed by atoms with Crippen LogP contribution in [0.25, 0.3) is 0 Å². The smallest absolute Gasteiger partial charge is 0.272 e. The number of aryl methyl sites for hydroxylation is 1. The molecule has 1 fully saturated rings. The molecule has 0 spiro atoms. The minimum absolute atomic E-state index is 0.0627. The first kappa shape index (κ1) is 14.5. The van der Waals surface area contributed by atoms with Gasteiger partial charge in [0.2, 0.25) is 0 Å². The van der Waals surface area contributed by atoms with Gasteiger partial charge in [-0.15, -0.1) is 0 Å². The lowest BCUT2D eigenvalue weighted by Crippen LogP contribution is -2.42. The highest BCUT2D eigenvalue weighted by atomic mass is 16.5. The number of carbonyl (C=O) groups is 1. The summed E-state index contributed by atoms with van der Waals surface area (Å²) in [5.74, 6) is -0.0627. The van der Waals surface area contributed by atoms with Crippen LogP contribution < -0.4 is 5.32 Å². The van der Waals surface area contributed by atoms with E-state index in [1.165, 1.54) is 0 Å². The van der Waals surface area contributed by atoms with Crippen molar-refractivity contribution in [1.82, 2.24) is 20.1 Å². The second-order valence-corrected chi connectivity index (χ2v) is 5.25. The molecule has 1 atom stereocenters. The largest absolute Gasteiger partial charge is 0.388 e. The Morgan fingerprint density at radius 3 is 3.09 bits per heavy atom. The normalized spacial score (nSPS) is 18.3. The Morgan fingerprint density at radius 1 is 1.50 bits per heavy atom. The number of aromatic nitrogens is 3. The van der Waals surface area contributed by atoms with E-state index >= 15 is 0 Å². The lowest BCUT2D eigenvalue weighted by atomic mass is 10.1. The summed E-state index contributed by atoms with van der Waals surface area (Å²) < 4.78 is 5.81. The van der Waals surface area contributed by atoms with Crippen LogP contribution in [0.15, 0.2) is 24.4 Å². The van der Waals surface area contributed by atoms with Crippen LogP contribution >= 0.6 is 0 Å². The molecular weight excluding hydrogens is 282 g/mol. The van der Waals surface area contributed by atoms with Crippen molar-refractivity contribution in [2.24, 2.45) is 0 Å². The predicted octanol–water partition coefficient (Wildman–Crippen LogP) is 1.37. The molecule has 1 amide bonds. The Morgan fingerprint density at radius 2 is 2.36 bits per heavy atom. The summed E-state index contributed by atoms with van der Waals surface area (Å²) in [5.41, 5.74) is 3.24. The molecule has 2 aromatic rings. The van der Waals surface area contributed by atoms with E-state index in [1.807, 2.05) is 26.1 Å². The quantitative estimate of drug-likeness (QED) is 0.894. The highest BCUT2D eigenvalue weighted by Crippen LogP contribution is 2.24. The summed E-state index contributed by atoms with van der Waals surface area (Å²) in [6.45, 7) is 3.49. The van der Waals surface area contributed by atoms with Crippen LogP contribution in [0.4, 0.5) is 5.69 Å². The summed E-state index contributed by atoms with van der Waals surface area (Å²) in [6, 6.07) is 5.61. The summed E-state index contributed by atoms with van der Waals surface area (Å²) >= 11 is 0. The van der Waals surface area contributed by atoms with Crippen LogP contribution in [0.3, 0.4) is 0 Å². The Labute approximate surface area is 128 Å². The number of nitrogens with one attached hydrogen (secondary N) is 2. The third kappa shape index (κ3) is 2.94. The van der Waals surface area contributed by atoms with E-state index < -0.39 is 0 Å². The first-order valence-electron chi connectivity index (χ1n) is 7.24. The van der Waals surface area contributed by atoms with Gasteiger partial charge in [0.25, 0.3) is 5.91 Å². The fourth-order valence-corrected chi connectivity index (χ4v) is 2.56. The molecule has 2 aromatic heterocycles. The molecule has 0 aliphatic carbocycles. The van der Waals surface area contributed by atoms with Gasteiger partial charge in [-0.3, -0.25) is 14.9 Å². The van der Waals surface area contributed by atoms with Crippen molar-refractivity contribution in [1.29, 1.82) is 0 Å². The number of hydrogen-bond donors (Lipinski definition) is 2. The Kier molecular flexibility index (Phi) is 4.06. The molecule has 1 saturated heterocycles. The summed E-state index contributed by atoms with van der Waals surface area (Å²) in [7, 11) is 1.87. The maximum absolute atomic E-state index is 12.4. The van der Waals surface area contributed by atoms with Crippen molar-refractivity contribution in [3.63, 3.8) is 0 Å². The van der Waals surface area contributed by atoms with Gasteiger partial charge in [0.15, 0.2) is 0 Å². The fraction of sp³-hybridized carbons (Fsp3) is 0.400. The second kappa shape index (κ2) is 6.15. The van der Waals surface area contributed by atoms with Crippen LogP contribution in [0, 0.1) is 6.92 Å². The van der Waals surface area contributed by atoms with Gasteiger partial charge in [0, 0.05) is 31.2 Å². The summed E-state index contributed by atoms with van der Waals surface area (Å²) in [4.78, 5) is 18.7. The maximum Gasteiger partial charge on any atom is 0.272 e. The Hall–Kier alpha value is -2.41. The number of carbonyl (C=O) groups excluding carboxylic acids is 1. The van der Waals surface area contributed by atoms with Gasteiger partial charge in [-0.05, 0) is 25.1 Å². The zero-order chi connectivity index (χ0) is 15.5. The van der Waals surface area contributed by atoms with E-state index in [0.717, 1.165) is 17.1 Å². The molecule has 0 bridgehead atoms. The van der Waals surface area contributed by atoms with E-state index in [1.54, 1.807) is 17.2 Å². The predicted molar refractivity (Wildman–Crippen MR) is 81.7 cm³/mol. The molecule has 3 heterocycles. The van der Waals surface area contributed by atoms with Crippen LogP contribution in [-0.2, 0) is 4.74 Å². The number of amides is 1. The third-order valence-corrected chi connectivity index (χ3v) is 3.68. The molecule has 1 aliphatic heterocycles. The van der Waals surface area contributed by atoms with Gasteiger partial charge in [-0.25, -0.2) is 0 Å². The monoisotopic (exact) mass is 301 g/mol. The number of nitrogens with zero attached hydrogens (tertiary/aromatic N) is 3. The standard InChI is InChI=1S/C15H19N5O2/c1-10-7-11(16-2)8-13(18-10)14-9-20(5-6-22-14)15(21)12-3-4-17-19-12/h3-4,7-8,14H,5-6,9H2,1-2H3,(H,16,18)(H,17,19). The van der Waals surface area contributed by atoms with E-state index in [0.29, 0.717) is 25.4 Å². The average Bonchev–Trinajstić information content (AvgIpc) is 3.08. The zero-order valence-corrected chi connectivity index (χ0v) is 12.7. The molecule has 1 aliphatic rings. The van der Waals surface area contributed by atoms with Crippen molar-refractivity contribution in [2.75, 3.05) is 32.1 Å². The van der Waals surface area contributed by atoms with Gasteiger partial charge in [-0.2, -0.15) is 5.10 Å². The van der Waals surface area contributed by atoms with Crippen LogP contribution in [0.5, 0.6) is 0 Å². The number of morpholine rings is 1. The van der Waals surface area contributed by atoms with Crippen molar-refractivity contribution >= 4 is 11.6 Å². The van der Waals surface area contributed by atoms with Crippen molar-refractivity contribution in [3.05, 3.63) is 41.5 Å². The van der Waals surface area contributed by atoms with Crippen LogP contribution in [0.1, 0.15) is 28.0 Å². The molecular formula is C15H19N5O2. The summed E-state index contributed by atoms with van der Waals surface area (Å²) in [5, 5.41) is 9.65. The Bertz CT molecular complexity index is 656. The van der Waals surface area contributed by atoms with E-state index in [2.05, 4.69) is 20.5 Å². The number of pyridine rings is 1. The molecule has 2 N–H and O–H groups in total. The average molecular weight is 301 g/mol. The number of rotatable bonds is 3. The first-order valence-corrected chi connectivity index (χ1v) is 7.24. The molecule has 7 heteroatoms. The maximum atomic E-state index is 12.4. The third-order valence-electron chi connectivity index (χ3n) is 3.68. The van der Waals surface area contributed by atoms with Crippen molar-refractivity contribution in [2.45, 2.75) is 13.0 Å². The molecule has 0 radical (unpaired) electrons. The van der Waals surface area contributed by atoms with Gasteiger partial charge in [0.1, 0.15) is 11.8 Å². The second-order valence-electron chi connectivity index (χ2n) is 5.25. The number of hydrogen-bond acceptors (Lipinski definition) is 5.